The molecule has 1 aromatic carbocycles. The summed E-state index contributed by atoms with van der Waals surface area (Å²) in [6, 6.07) is 5.97. The van der Waals surface area contributed by atoms with Gasteiger partial charge in [-0.1, -0.05) is 19.9 Å². The Morgan fingerprint density at radius 2 is 2.04 bits per heavy atom. The number of rotatable bonds is 3. The van der Waals surface area contributed by atoms with Crippen LogP contribution in [0, 0.1) is 18.3 Å². The molecule has 4 nitrogen and oxygen atoms in total. The van der Waals surface area contributed by atoms with Gasteiger partial charge in [-0.15, -0.1) is 11.3 Å². The smallest absolute Gasteiger partial charge is 0.122 e. The average Bonchev–Trinajstić information content (AvgIpc) is 2.94. The molecule has 3 unspecified atom stereocenters. The van der Waals surface area contributed by atoms with Gasteiger partial charge in [0.25, 0.3) is 0 Å². The molecule has 24 heavy (non-hydrogen) atoms. The normalized spacial score (nSPS) is 24.7. The molecule has 1 aromatic heterocycles. The first-order valence-corrected chi connectivity index (χ1v) is 9.27. The highest BCUT2D eigenvalue weighted by atomic mass is 32.1. The molecule has 3 rings (SSSR count). The van der Waals surface area contributed by atoms with Gasteiger partial charge in [0, 0.05) is 11.9 Å². The number of anilines is 1. The van der Waals surface area contributed by atoms with E-state index in [0.717, 1.165) is 46.0 Å². The van der Waals surface area contributed by atoms with E-state index >= 15 is 0 Å². The Hall–Kier alpha value is -1.43. The van der Waals surface area contributed by atoms with Crippen LogP contribution in [-0.2, 0) is 0 Å². The van der Waals surface area contributed by atoms with Crippen LogP contribution in [0.2, 0.25) is 0 Å². The Bertz CT molecular complexity index is 706. The maximum Gasteiger partial charge on any atom is 0.122 e. The van der Waals surface area contributed by atoms with Crippen molar-refractivity contribution in [2.45, 2.75) is 52.2 Å². The first-order chi connectivity index (χ1) is 11.3. The van der Waals surface area contributed by atoms with Crippen LogP contribution in [0.25, 0.3) is 10.4 Å². The van der Waals surface area contributed by atoms with Crippen LogP contribution in [0.4, 0.5) is 5.69 Å². The van der Waals surface area contributed by atoms with Crippen molar-refractivity contribution >= 4 is 17.0 Å². The molecule has 5 heteroatoms. The minimum atomic E-state index is -0.589. The number of nitrogen functional groups attached to an aromatic ring is 1. The van der Waals surface area contributed by atoms with Crippen LogP contribution in [0.3, 0.4) is 0 Å². The molecule has 3 atom stereocenters. The van der Waals surface area contributed by atoms with E-state index in [1.165, 1.54) is 11.3 Å². The first kappa shape index (κ1) is 17.4. The van der Waals surface area contributed by atoms with Gasteiger partial charge in [0.2, 0.25) is 0 Å². The summed E-state index contributed by atoms with van der Waals surface area (Å²) in [5.74, 6) is 0.113. The third-order valence-corrected chi connectivity index (χ3v) is 6.24. The van der Waals surface area contributed by atoms with Gasteiger partial charge in [-0.3, -0.25) is 0 Å². The second-order valence-electron chi connectivity index (χ2n) is 7.67. The molecule has 0 spiro atoms. The minimum absolute atomic E-state index is 0.101. The summed E-state index contributed by atoms with van der Waals surface area (Å²) < 4.78 is 0. The second kappa shape index (κ2) is 6.47. The van der Waals surface area contributed by atoms with Gasteiger partial charge in [-0.25, -0.2) is 4.98 Å². The number of nitrogens with two attached hydrogens (primary N) is 1. The van der Waals surface area contributed by atoms with E-state index in [4.69, 9.17) is 5.73 Å². The zero-order chi connectivity index (χ0) is 17.5. The largest absolute Gasteiger partial charge is 0.399 e. The fraction of sp³-hybridized carbons (Fsp3) is 0.526. The van der Waals surface area contributed by atoms with Crippen molar-refractivity contribution in [2.24, 2.45) is 11.3 Å². The van der Waals surface area contributed by atoms with Crippen molar-refractivity contribution in [1.82, 2.24) is 4.98 Å². The molecule has 0 bridgehead atoms. The maximum absolute atomic E-state index is 10.9. The van der Waals surface area contributed by atoms with Crippen LogP contribution in [0.15, 0.2) is 24.4 Å². The Labute approximate surface area is 147 Å². The Balaban J connectivity index is 1.84. The second-order valence-corrected chi connectivity index (χ2v) is 8.73. The summed E-state index contributed by atoms with van der Waals surface area (Å²) in [5.41, 5.74) is 8.74. The Kier molecular flexibility index (Phi) is 4.69. The lowest BCUT2D eigenvalue weighted by Crippen LogP contribution is -2.37. The number of aromatic nitrogens is 1. The fourth-order valence-corrected chi connectivity index (χ4v) is 4.85. The predicted octanol–water partition coefficient (Wildman–Crippen LogP) is 3.92. The molecule has 1 heterocycles. The standard InChI is InChI=1S/C19H26N2O2S/c1-11-6-12(8-13(20)7-11)16-10-21-18(24-16)17(23)15-5-4-14(22)9-19(15,2)3/h6-8,10,14-15,17,22-23H,4-5,9,20H2,1-3H3. The number of aliphatic hydroxyl groups is 2. The van der Waals surface area contributed by atoms with E-state index in [-0.39, 0.29) is 17.4 Å². The highest BCUT2D eigenvalue weighted by Crippen LogP contribution is 2.47. The van der Waals surface area contributed by atoms with Crippen molar-refractivity contribution in [3.05, 3.63) is 35.0 Å². The summed E-state index contributed by atoms with van der Waals surface area (Å²) in [4.78, 5) is 5.50. The third-order valence-electron chi connectivity index (χ3n) is 5.12. The van der Waals surface area contributed by atoms with E-state index in [2.05, 4.69) is 24.9 Å². The lowest BCUT2D eigenvalue weighted by molar-refractivity contribution is -0.0403. The Morgan fingerprint density at radius 3 is 2.71 bits per heavy atom. The molecule has 0 aliphatic heterocycles. The van der Waals surface area contributed by atoms with E-state index in [1.54, 1.807) is 0 Å². The summed E-state index contributed by atoms with van der Waals surface area (Å²) >= 11 is 1.53. The van der Waals surface area contributed by atoms with Crippen LogP contribution < -0.4 is 5.73 Å². The van der Waals surface area contributed by atoms with Gasteiger partial charge >= 0.3 is 0 Å². The summed E-state index contributed by atoms with van der Waals surface area (Å²) in [6.45, 7) is 6.27. The predicted molar refractivity (Wildman–Crippen MR) is 98.8 cm³/mol. The molecule has 1 fully saturated rings. The molecule has 130 valence electrons. The van der Waals surface area contributed by atoms with E-state index < -0.39 is 6.10 Å². The van der Waals surface area contributed by atoms with E-state index in [0.29, 0.717) is 0 Å². The number of aryl methyl sites for hydroxylation is 1. The topological polar surface area (TPSA) is 79.4 Å². The highest BCUT2D eigenvalue weighted by Gasteiger charge is 2.41. The van der Waals surface area contributed by atoms with Gasteiger partial charge in [0.05, 0.1) is 11.0 Å². The zero-order valence-corrected chi connectivity index (χ0v) is 15.3. The van der Waals surface area contributed by atoms with Crippen LogP contribution in [0.5, 0.6) is 0 Å². The van der Waals surface area contributed by atoms with Gasteiger partial charge in [0.1, 0.15) is 11.1 Å². The highest BCUT2D eigenvalue weighted by molar-refractivity contribution is 7.15. The van der Waals surface area contributed by atoms with Crippen LogP contribution >= 0.6 is 11.3 Å². The molecule has 1 aliphatic carbocycles. The number of thiazole rings is 1. The monoisotopic (exact) mass is 346 g/mol. The molecule has 1 aliphatic rings. The van der Waals surface area contributed by atoms with Crippen molar-refractivity contribution in [3.63, 3.8) is 0 Å². The SMILES string of the molecule is Cc1cc(N)cc(-c2cnc(C(O)C3CCC(O)CC3(C)C)s2)c1. The summed E-state index contributed by atoms with van der Waals surface area (Å²) in [7, 11) is 0. The van der Waals surface area contributed by atoms with Crippen molar-refractivity contribution in [2.75, 3.05) is 5.73 Å². The molecule has 0 amide bonds. The number of hydrogen-bond acceptors (Lipinski definition) is 5. The number of hydrogen-bond donors (Lipinski definition) is 3. The molecule has 1 saturated carbocycles. The summed E-state index contributed by atoms with van der Waals surface area (Å²) in [5, 5.41) is 21.5. The fourth-order valence-electron chi connectivity index (χ4n) is 3.89. The average molecular weight is 346 g/mol. The first-order valence-electron chi connectivity index (χ1n) is 8.45. The lowest BCUT2D eigenvalue weighted by atomic mass is 9.66. The molecular weight excluding hydrogens is 320 g/mol. The minimum Gasteiger partial charge on any atom is -0.399 e. The number of benzene rings is 1. The van der Waals surface area contributed by atoms with Gasteiger partial charge in [-0.2, -0.15) is 0 Å². The van der Waals surface area contributed by atoms with Crippen molar-refractivity contribution < 1.29 is 10.2 Å². The van der Waals surface area contributed by atoms with Gasteiger partial charge < -0.3 is 15.9 Å². The molecular formula is C19H26N2O2S. The maximum atomic E-state index is 10.9. The number of nitrogens with zero attached hydrogens (tertiary/aromatic N) is 1. The van der Waals surface area contributed by atoms with Crippen molar-refractivity contribution in [3.8, 4) is 10.4 Å². The quantitative estimate of drug-likeness (QED) is 0.736. The van der Waals surface area contributed by atoms with Gasteiger partial charge in [0.15, 0.2) is 0 Å². The van der Waals surface area contributed by atoms with Crippen molar-refractivity contribution in [1.29, 1.82) is 0 Å². The number of aliphatic hydroxyl groups excluding tert-OH is 2. The Morgan fingerprint density at radius 1 is 1.29 bits per heavy atom. The molecule has 4 N–H and O–H groups in total. The molecule has 0 radical (unpaired) electrons. The molecule has 0 saturated heterocycles. The molecule has 2 aromatic rings. The lowest BCUT2D eigenvalue weighted by Gasteiger charge is -2.42. The van der Waals surface area contributed by atoms with Crippen LogP contribution in [0.1, 0.15) is 49.8 Å². The zero-order valence-electron chi connectivity index (χ0n) is 14.5. The van der Waals surface area contributed by atoms with Gasteiger partial charge in [-0.05, 0) is 60.8 Å². The third kappa shape index (κ3) is 3.48. The van der Waals surface area contributed by atoms with E-state index in [1.807, 2.05) is 25.3 Å². The van der Waals surface area contributed by atoms with Crippen LogP contribution in [-0.4, -0.2) is 21.3 Å². The summed E-state index contributed by atoms with van der Waals surface area (Å²) in [6.07, 6.45) is 3.27. The van der Waals surface area contributed by atoms with E-state index in [9.17, 15) is 10.2 Å².